The maximum absolute atomic E-state index is 12.3. The van der Waals surface area contributed by atoms with Gasteiger partial charge in [-0.3, -0.25) is 14.9 Å². The predicted molar refractivity (Wildman–Crippen MR) is 100 cm³/mol. The molecule has 1 unspecified atom stereocenters. The normalized spacial score (nSPS) is 12.4. The van der Waals surface area contributed by atoms with Crippen molar-refractivity contribution in [2.24, 2.45) is 0 Å². The molecule has 0 heterocycles. The zero-order chi connectivity index (χ0) is 19.5. The van der Waals surface area contributed by atoms with E-state index in [2.05, 4.69) is 26.0 Å². The van der Waals surface area contributed by atoms with Crippen LogP contribution in [-0.4, -0.2) is 25.3 Å². The molecule has 0 saturated heterocycles. The largest absolute Gasteiger partial charge is 0.324 e. The molecule has 0 saturated carbocycles. The molecule has 2 rings (SSSR count). The van der Waals surface area contributed by atoms with E-state index in [1.807, 2.05) is 0 Å². The number of halogens is 1. The molecule has 0 aliphatic carbocycles. The van der Waals surface area contributed by atoms with Gasteiger partial charge in [-0.15, -0.1) is 0 Å². The first-order valence-electron chi connectivity index (χ1n) is 7.44. The van der Waals surface area contributed by atoms with Crippen molar-refractivity contribution in [3.05, 3.63) is 62.6 Å². The van der Waals surface area contributed by atoms with Crippen LogP contribution < -0.4 is 10.0 Å². The minimum absolute atomic E-state index is 0.0341. The van der Waals surface area contributed by atoms with Crippen molar-refractivity contribution in [2.75, 3.05) is 5.32 Å². The van der Waals surface area contributed by atoms with Crippen LogP contribution in [0.5, 0.6) is 0 Å². The first-order valence-corrected chi connectivity index (χ1v) is 9.71. The van der Waals surface area contributed by atoms with Crippen LogP contribution in [0.2, 0.25) is 0 Å². The summed E-state index contributed by atoms with van der Waals surface area (Å²) in [4.78, 5) is 22.5. The van der Waals surface area contributed by atoms with Gasteiger partial charge in [0.2, 0.25) is 15.9 Å². The molecule has 0 fully saturated rings. The number of benzene rings is 2. The van der Waals surface area contributed by atoms with E-state index < -0.39 is 26.9 Å². The number of amides is 1. The molecule has 0 aromatic heterocycles. The van der Waals surface area contributed by atoms with Crippen molar-refractivity contribution in [3.8, 4) is 0 Å². The van der Waals surface area contributed by atoms with Gasteiger partial charge in [0.25, 0.3) is 5.69 Å². The second-order valence-corrected chi connectivity index (χ2v) is 8.17. The molecule has 10 heteroatoms. The molecule has 2 N–H and O–H groups in total. The summed E-state index contributed by atoms with van der Waals surface area (Å²) < 4.78 is 27.7. The topological polar surface area (TPSA) is 118 Å². The summed E-state index contributed by atoms with van der Waals surface area (Å²) in [7, 11) is -3.86. The Morgan fingerprint density at radius 3 is 2.35 bits per heavy atom. The second kappa shape index (κ2) is 7.94. The number of aryl methyl sites for hydroxylation is 1. The van der Waals surface area contributed by atoms with Gasteiger partial charge >= 0.3 is 0 Å². The molecule has 138 valence electrons. The lowest BCUT2D eigenvalue weighted by molar-refractivity contribution is -0.384. The molecule has 0 radical (unpaired) electrons. The predicted octanol–water partition coefficient (Wildman–Crippen LogP) is 2.97. The molecule has 8 nitrogen and oxygen atoms in total. The number of hydrogen-bond donors (Lipinski definition) is 2. The van der Waals surface area contributed by atoms with Crippen molar-refractivity contribution in [1.82, 2.24) is 4.72 Å². The van der Waals surface area contributed by atoms with Crippen LogP contribution in [0.15, 0.2) is 51.8 Å². The number of nitrogens with zero attached hydrogens (tertiary/aromatic N) is 1. The van der Waals surface area contributed by atoms with Crippen LogP contribution in [0.25, 0.3) is 0 Å². The van der Waals surface area contributed by atoms with Crippen molar-refractivity contribution in [1.29, 1.82) is 0 Å². The van der Waals surface area contributed by atoms with Crippen LogP contribution in [-0.2, 0) is 14.8 Å². The smallest absolute Gasteiger partial charge is 0.269 e. The van der Waals surface area contributed by atoms with Gasteiger partial charge in [0.15, 0.2) is 0 Å². The van der Waals surface area contributed by atoms with E-state index in [1.54, 1.807) is 19.1 Å². The summed E-state index contributed by atoms with van der Waals surface area (Å²) in [5, 5.41) is 13.3. The third kappa shape index (κ3) is 4.87. The minimum atomic E-state index is -3.86. The van der Waals surface area contributed by atoms with E-state index in [0.29, 0.717) is 11.3 Å². The Kier molecular flexibility index (Phi) is 6.11. The lowest BCUT2D eigenvalue weighted by Crippen LogP contribution is -2.41. The number of rotatable bonds is 6. The summed E-state index contributed by atoms with van der Waals surface area (Å²) in [5.41, 5.74) is 0.773. The number of anilines is 1. The first kappa shape index (κ1) is 20.0. The van der Waals surface area contributed by atoms with Gasteiger partial charge in [-0.25, -0.2) is 8.42 Å². The van der Waals surface area contributed by atoms with E-state index in [0.717, 1.165) is 4.47 Å². The van der Waals surface area contributed by atoms with Gasteiger partial charge < -0.3 is 5.32 Å². The van der Waals surface area contributed by atoms with Crippen molar-refractivity contribution < 1.29 is 18.1 Å². The van der Waals surface area contributed by atoms with Gasteiger partial charge in [0.1, 0.15) is 0 Å². The maximum Gasteiger partial charge on any atom is 0.269 e. The monoisotopic (exact) mass is 441 g/mol. The maximum atomic E-state index is 12.3. The average Bonchev–Trinajstić information content (AvgIpc) is 2.56. The molecule has 1 atom stereocenters. The summed E-state index contributed by atoms with van der Waals surface area (Å²) >= 11 is 3.22. The fourth-order valence-electron chi connectivity index (χ4n) is 2.11. The Balaban J connectivity index is 2.10. The van der Waals surface area contributed by atoms with Crippen molar-refractivity contribution in [3.63, 3.8) is 0 Å². The van der Waals surface area contributed by atoms with Gasteiger partial charge in [-0.1, -0.05) is 15.9 Å². The van der Waals surface area contributed by atoms with E-state index in [4.69, 9.17) is 0 Å². The Hall–Kier alpha value is -2.30. The highest BCUT2D eigenvalue weighted by Gasteiger charge is 2.22. The van der Waals surface area contributed by atoms with E-state index in [-0.39, 0.29) is 10.6 Å². The lowest BCUT2D eigenvalue weighted by Gasteiger charge is -2.15. The van der Waals surface area contributed by atoms with Crippen LogP contribution in [0.1, 0.15) is 12.5 Å². The highest BCUT2D eigenvalue weighted by molar-refractivity contribution is 9.10. The van der Waals surface area contributed by atoms with Crippen LogP contribution in [0.4, 0.5) is 11.4 Å². The second-order valence-electron chi connectivity index (χ2n) is 5.54. The van der Waals surface area contributed by atoms with Gasteiger partial charge in [-0.05, 0) is 49.7 Å². The minimum Gasteiger partial charge on any atom is -0.324 e. The number of carbonyl (C=O) groups excluding carboxylic acids is 1. The SMILES string of the molecule is Cc1cc([N+](=O)[O-])ccc1NC(=O)C(C)NS(=O)(=O)c1ccc(Br)cc1. The van der Waals surface area contributed by atoms with E-state index in [9.17, 15) is 23.3 Å². The number of nitrogens with one attached hydrogen (secondary N) is 2. The zero-order valence-electron chi connectivity index (χ0n) is 13.9. The molecule has 0 bridgehead atoms. The quantitative estimate of drug-likeness (QED) is 0.527. The fourth-order valence-corrected chi connectivity index (χ4v) is 3.58. The zero-order valence-corrected chi connectivity index (χ0v) is 16.3. The third-order valence-corrected chi connectivity index (χ3v) is 5.61. The van der Waals surface area contributed by atoms with Gasteiger partial charge in [0.05, 0.1) is 15.9 Å². The molecule has 26 heavy (non-hydrogen) atoms. The molecule has 0 spiro atoms. The molecule has 0 aliphatic heterocycles. The lowest BCUT2D eigenvalue weighted by atomic mass is 10.1. The number of non-ortho nitro benzene ring substituents is 1. The number of sulfonamides is 1. The summed E-state index contributed by atoms with van der Waals surface area (Å²) in [6, 6.07) is 8.94. The highest BCUT2D eigenvalue weighted by atomic mass is 79.9. The van der Waals surface area contributed by atoms with Crippen molar-refractivity contribution >= 4 is 43.2 Å². The average molecular weight is 442 g/mol. The number of hydrogen-bond acceptors (Lipinski definition) is 5. The molecule has 2 aromatic rings. The Morgan fingerprint density at radius 2 is 1.81 bits per heavy atom. The van der Waals surface area contributed by atoms with Crippen molar-refractivity contribution in [2.45, 2.75) is 24.8 Å². The molecular formula is C16H16BrN3O5S. The van der Waals surface area contributed by atoms with Crippen LogP contribution >= 0.6 is 15.9 Å². The van der Waals surface area contributed by atoms with E-state index >= 15 is 0 Å². The molecular weight excluding hydrogens is 426 g/mol. The highest BCUT2D eigenvalue weighted by Crippen LogP contribution is 2.21. The molecule has 2 aromatic carbocycles. The number of nitro benzene ring substituents is 1. The Bertz CT molecular complexity index is 945. The van der Waals surface area contributed by atoms with E-state index in [1.165, 1.54) is 37.3 Å². The summed E-state index contributed by atoms with van der Waals surface area (Å²) in [6.45, 7) is 3.02. The van der Waals surface area contributed by atoms with Gasteiger partial charge in [-0.2, -0.15) is 4.72 Å². The third-order valence-electron chi connectivity index (χ3n) is 3.53. The Labute approximate surface area is 158 Å². The Morgan fingerprint density at radius 1 is 1.19 bits per heavy atom. The number of nitro groups is 1. The molecule has 1 amide bonds. The summed E-state index contributed by atoms with van der Waals surface area (Å²) in [6.07, 6.45) is 0. The standard InChI is InChI=1S/C16H16BrN3O5S/c1-10-9-13(20(22)23)5-8-15(10)18-16(21)11(2)19-26(24,25)14-6-3-12(17)4-7-14/h3-9,11,19H,1-2H3,(H,18,21). The summed E-state index contributed by atoms with van der Waals surface area (Å²) in [5.74, 6) is -0.581. The molecule has 0 aliphatic rings. The first-order chi connectivity index (χ1) is 12.1. The van der Waals surface area contributed by atoms with Crippen LogP contribution in [0, 0.1) is 17.0 Å². The van der Waals surface area contributed by atoms with Crippen LogP contribution in [0.3, 0.4) is 0 Å². The number of carbonyl (C=O) groups is 1. The van der Waals surface area contributed by atoms with Gasteiger partial charge in [0, 0.05) is 22.3 Å². The fraction of sp³-hybridized carbons (Fsp3) is 0.188.